The summed E-state index contributed by atoms with van der Waals surface area (Å²) in [7, 11) is 0. The Morgan fingerprint density at radius 3 is 2.50 bits per heavy atom. The maximum absolute atomic E-state index is 12.5. The van der Waals surface area contributed by atoms with Gasteiger partial charge in [-0.05, 0) is 32.6 Å². The molecule has 1 aliphatic rings. The summed E-state index contributed by atoms with van der Waals surface area (Å²) < 4.78 is 42.4. The van der Waals surface area contributed by atoms with Crippen molar-refractivity contribution < 1.29 is 17.7 Å². The summed E-state index contributed by atoms with van der Waals surface area (Å²) in [6.07, 6.45) is -2.45. The molecule has 1 aromatic rings. The molecule has 0 bridgehead atoms. The molecule has 1 N–H and O–H groups in total. The van der Waals surface area contributed by atoms with E-state index < -0.39 is 12.1 Å². The van der Waals surface area contributed by atoms with Crippen LogP contribution in [0.15, 0.2) is 10.6 Å². The molecule has 0 unspecified atom stereocenters. The van der Waals surface area contributed by atoms with Gasteiger partial charge >= 0.3 is 6.18 Å². The Hall–Kier alpha value is -1.04. The van der Waals surface area contributed by atoms with Crippen molar-refractivity contribution in [2.24, 2.45) is 5.92 Å². The Bertz CT molecular complexity index is 381. The van der Waals surface area contributed by atoms with E-state index in [1.807, 2.05) is 13.0 Å². The van der Waals surface area contributed by atoms with Crippen LogP contribution in [0.25, 0.3) is 0 Å². The molecule has 1 aromatic heterocycles. The largest absolute Gasteiger partial charge is 0.391 e. The minimum atomic E-state index is -4.03. The molecule has 1 saturated carbocycles. The number of hydrogen-bond donors (Lipinski definition) is 1. The van der Waals surface area contributed by atoms with Crippen LogP contribution >= 0.6 is 0 Å². The molecule has 0 amide bonds. The van der Waals surface area contributed by atoms with Crippen molar-refractivity contribution in [2.45, 2.75) is 51.4 Å². The first-order valence-corrected chi connectivity index (χ1v) is 6.17. The minimum Gasteiger partial charge on any atom is -0.361 e. The molecule has 0 atom stereocenters. The summed E-state index contributed by atoms with van der Waals surface area (Å²) in [6.45, 7) is 2.36. The molecule has 0 radical (unpaired) electrons. The number of rotatable bonds is 3. The van der Waals surface area contributed by atoms with E-state index in [2.05, 4.69) is 10.5 Å². The van der Waals surface area contributed by atoms with Gasteiger partial charge in [-0.1, -0.05) is 5.16 Å². The van der Waals surface area contributed by atoms with Crippen molar-refractivity contribution in [1.29, 1.82) is 0 Å². The molecule has 102 valence electrons. The van der Waals surface area contributed by atoms with Crippen LogP contribution in [0.1, 0.15) is 37.1 Å². The lowest BCUT2D eigenvalue weighted by Gasteiger charge is -2.30. The van der Waals surface area contributed by atoms with Crippen LogP contribution in [0, 0.1) is 12.8 Å². The van der Waals surface area contributed by atoms with Gasteiger partial charge < -0.3 is 9.84 Å². The van der Waals surface area contributed by atoms with E-state index in [4.69, 9.17) is 4.52 Å². The minimum absolute atomic E-state index is 0.153. The second-order valence-electron chi connectivity index (χ2n) is 4.90. The first kappa shape index (κ1) is 13.4. The zero-order chi connectivity index (χ0) is 13.2. The highest BCUT2D eigenvalue weighted by Gasteiger charge is 2.41. The number of aromatic nitrogens is 1. The smallest absolute Gasteiger partial charge is 0.361 e. The summed E-state index contributed by atoms with van der Waals surface area (Å²) in [5.74, 6) is -0.377. The summed E-state index contributed by atoms with van der Waals surface area (Å²) in [5.41, 5.74) is 0.797. The summed E-state index contributed by atoms with van der Waals surface area (Å²) in [4.78, 5) is 0. The maximum atomic E-state index is 12.5. The monoisotopic (exact) mass is 262 g/mol. The molecular weight excluding hydrogens is 245 g/mol. The quantitative estimate of drug-likeness (QED) is 0.909. The molecule has 6 heteroatoms. The predicted molar refractivity (Wildman–Crippen MR) is 59.9 cm³/mol. The lowest BCUT2D eigenvalue weighted by atomic mass is 9.85. The second kappa shape index (κ2) is 5.30. The third-order valence-electron chi connectivity index (χ3n) is 3.44. The van der Waals surface area contributed by atoms with Crippen LogP contribution < -0.4 is 5.32 Å². The van der Waals surface area contributed by atoms with Crippen LogP contribution in [-0.4, -0.2) is 17.4 Å². The number of nitrogens with zero attached hydrogens (tertiary/aromatic N) is 1. The Labute approximate surface area is 104 Å². The fraction of sp³-hybridized carbons (Fsp3) is 0.750. The van der Waals surface area contributed by atoms with Crippen molar-refractivity contribution >= 4 is 0 Å². The summed E-state index contributed by atoms with van der Waals surface area (Å²) in [5, 5.41) is 7.07. The average Bonchev–Trinajstić information content (AvgIpc) is 2.72. The van der Waals surface area contributed by atoms with E-state index in [0.29, 0.717) is 19.4 Å². The number of alkyl halides is 3. The summed E-state index contributed by atoms with van der Waals surface area (Å²) >= 11 is 0. The normalized spacial score (nSPS) is 25.3. The fourth-order valence-electron chi connectivity index (χ4n) is 2.38. The number of halogens is 3. The van der Waals surface area contributed by atoms with Gasteiger partial charge in [-0.15, -0.1) is 0 Å². The van der Waals surface area contributed by atoms with Gasteiger partial charge in [0, 0.05) is 18.7 Å². The zero-order valence-corrected chi connectivity index (χ0v) is 10.3. The van der Waals surface area contributed by atoms with Crippen molar-refractivity contribution in [1.82, 2.24) is 10.5 Å². The van der Waals surface area contributed by atoms with Crippen LogP contribution in [0.5, 0.6) is 0 Å². The highest BCUT2D eigenvalue weighted by atomic mass is 19.4. The van der Waals surface area contributed by atoms with E-state index >= 15 is 0 Å². The zero-order valence-electron chi connectivity index (χ0n) is 10.3. The topological polar surface area (TPSA) is 38.1 Å². The first-order chi connectivity index (χ1) is 8.45. The van der Waals surface area contributed by atoms with E-state index in [9.17, 15) is 13.2 Å². The standard InChI is InChI=1S/C12H17F3N2O/c1-8-6-11(17-18-8)7-16-10-4-2-9(3-5-10)12(13,14)15/h6,9-10,16H,2-5,7H2,1H3. The molecule has 0 saturated heterocycles. The van der Waals surface area contributed by atoms with Gasteiger partial charge in [-0.25, -0.2) is 0 Å². The van der Waals surface area contributed by atoms with E-state index in [-0.39, 0.29) is 18.9 Å². The number of hydrogen-bond acceptors (Lipinski definition) is 3. The Kier molecular flexibility index (Phi) is 3.94. The lowest BCUT2D eigenvalue weighted by molar-refractivity contribution is -0.182. The molecule has 0 spiro atoms. The Morgan fingerprint density at radius 1 is 1.33 bits per heavy atom. The van der Waals surface area contributed by atoms with Crippen molar-refractivity contribution in [2.75, 3.05) is 0 Å². The first-order valence-electron chi connectivity index (χ1n) is 6.17. The van der Waals surface area contributed by atoms with Crippen LogP contribution in [-0.2, 0) is 6.54 Å². The SMILES string of the molecule is Cc1cc(CNC2CCC(C(F)(F)F)CC2)no1. The lowest BCUT2D eigenvalue weighted by Crippen LogP contribution is -2.36. The van der Waals surface area contributed by atoms with Crippen molar-refractivity contribution in [3.8, 4) is 0 Å². The molecular formula is C12H17F3N2O. The fourth-order valence-corrected chi connectivity index (χ4v) is 2.38. The van der Waals surface area contributed by atoms with Crippen LogP contribution in [0.3, 0.4) is 0 Å². The molecule has 1 heterocycles. The van der Waals surface area contributed by atoms with Gasteiger partial charge in [-0.2, -0.15) is 13.2 Å². The van der Waals surface area contributed by atoms with Gasteiger partial charge in [0.05, 0.1) is 11.6 Å². The van der Waals surface area contributed by atoms with Crippen molar-refractivity contribution in [3.05, 3.63) is 17.5 Å². The predicted octanol–water partition coefficient (Wildman–Crippen LogP) is 3.19. The van der Waals surface area contributed by atoms with E-state index in [0.717, 1.165) is 11.5 Å². The van der Waals surface area contributed by atoms with E-state index in [1.54, 1.807) is 0 Å². The summed E-state index contributed by atoms with van der Waals surface area (Å²) in [6, 6.07) is 1.98. The van der Waals surface area contributed by atoms with Crippen molar-refractivity contribution in [3.63, 3.8) is 0 Å². The third-order valence-corrected chi connectivity index (χ3v) is 3.44. The molecule has 2 rings (SSSR count). The Morgan fingerprint density at radius 2 is 2.00 bits per heavy atom. The molecule has 1 fully saturated rings. The Balaban J connectivity index is 1.74. The highest BCUT2D eigenvalue weighted by Crippen LogP contribution is 2.37. The van der Waals surface area contributed by atoms with Gasteiger partial charge in [-0.3, -0.25) is 0 Å². The van der Waals surface area contributed by atoms with Crippen LogP contribution in [0.4, 0.5) is 13.2 Å². The number of nitrogens with one attached hydrogen (secondary N) is 1. The van der Waals surface area contributed by atoms with E-state index in [1.165, 1.54) is 0 Å². The molecule has 3 nitrogen and oxygen atoms in total. The molecule has 0 aromatic carbocycles. The van der Waals surface area contributed by atoms with Crippen LogP contribution in [0.2, 0.25) is 0 Å². The second-order valence-corrected chi connectivity index (χ2v) is 4.90. The van der Waals surface area contributed by atoms with Gasteiger partial charge in [0.25, 0.3) is 0 Å². The highest BCUT2D eigenvalue weighted by molar-refractivity contribution is 5.03. The average molecular weight is 262 g/mol. The number of aryl methyl sites for hydroxylation is 1. The third kappa shape index (κ3) is 3.48. The molecule has 0 aliphatic heterocycles. The maximum Gasteiger partial charge on any atom is 0.391 e. The molecule has 18 heavy (non-hydrogen) atoms. The van der Waals surface area contributed by atoms with Gasteiger partial charge in [0.2, 0.25) is 0 Å². The van der Waals surface area contributed by atoms with Gasteiger partial charge in [0.1, 0.15) is 5.76 Å². The molecule has 1 aliphatic carbocycles. The van der Waals surface area contributed by atoms with Gasteiger partial charge in [0.15, 0.2) is 0 Å².